The second-order valence-electron chi connectivity index (χ2n) is 3.24. The van der Waals surface area contributed by atoms with E-state index in [4.69, 9.17) is 0 Å². The van der Waals surface area contributed by atoms with E-state index in [1.165, 1.54) is 18.3 Å². The number of ketones is 1. The van der Waals surface area contributed by atoms with Gasteiger partial charge in [0.1, 0.15) is 10.5 Å². The van der Waals surface area contributed by atoms with E-state index in [1.807, 2.05) is 0 Å². The number of Topliss-reactive ketones (excluding diaryl/α,β-unsaturated/α-hetero) is 1. The first-order valence-electron chi connectivity index (χ1n) is 4.50. The molecule has 1 atom stereocenters. The standard InChI is InChI=1S/C10H5BrF3NO2/c11-6-4-15-8-5(9(6)16)2-1-3-7(8)17-10(12,13)14/h1-4,6H. The average molecular weight is 308 g/mol. The number of hydrogen-bond acceptors (Lipinski definition) is 3. The van der Waals surface area contributed by atoms with Gasteiger partial charge in [0.05, 0.1) is 0 Å². The molecule has 1 aromatic rings. The van der Waals surface area contributed by atoms with Crippen LogP contribution in [0, 0.1) is 0 Å². The molecule has 0 aliphatic carbocycles. The molecule has 0 N–H and O–H groups in total. The predicted octanol–water partition coefficient (Wildman–Crippen LogP) is 3.25. The fraction of sp³-hybridized carbons (Fsp3) is 0.200. The van der Waals surface area contributed by atoms with Gasteiger partial charge >= 0.3 is 6.36 Å². The Morgan fingerprint density at radius 2 is 2.06 bits per heavy atom. The molecule has 17 heavy (non-hydrogen) atoms. The smallest absolute Gasteiger partial charge is 0.403 e. The Kier molecular flexibility index (Phi) is 2.94. The highest BCUT2D eigenvalue weighted by Crippen LogP contribution is 2.37. The quantitative estimate of drug-likeness (QED) is 0.747. The van der Waals surface area contributed by atoms with E-state index in [9.17, 15) is 18.0 Å². The molecule has 1 unspecified atom stereocenters. The summed E-state index contributed by atoms with van der Waals surface area (Å²) in [7, 11) is 0. The van der Waals surface area contributed by atoms with Gasteiger partial charge in [-0.15, -0.1) is 13.2 Å². The maximum atomic E-state index is 12.1. The SMILES string of the molecule is O=C1c2cccc(OC(F)(F)F)c2N=CC1Br. The van der Waals surface area contributed by atoms with Crippen molar-refractivity contribution in [3.8, 4) is 5.75 Å². The van der Waals surface area contributed by atoms with Gasteiger partial charge in [-0.3, -0.25) is 9.79 Å². The Bertz CT molecular complexity index is 499. The zero-order valence-electron chi connectivity index (χ0n) is 8.16. The second-order valence-corrected chi connectivity index (χ2v) is 4.23. The fourth-order valence-corrected chi connectivity index (χ4v) is 1.78. The van der Waals surface area contributed by atoms with Crippen molar-refractivity contribution in [3.05, 3.63) is 23.8 Å². The van der Waals surface area contributed by atoms with Crippen LogP contribution in [0.2, 0.25) is 0 Å². The Morgan fingerprint density at radius 3 is 2.71 bits per heavy atom. The number of para-hydroxylation sites is 1. The van der Waals surface area contributed by atoms with Crippen molar-refractivity contribution in [2.45, 2.75) is 11.2 Å². The molecule has 0 saturated heterocycles. The van der Waals surface area contributed by atoms with Gasteiger partial charge in [-0.05, 0) is 12.1 Å². The van der Waals surface area contributed by atoms with E-state index in [2.05, 4.69) is 25.7 Å². The number of alkyl halides is 4. The number of rotatable bonds is 1. The van der Waals surface area contributed by atoms with E-state index in [-0.39, 0.29) is 17.0 Å². The lowest BCUT2D eigenvalue weighted by Gasteiger charge is -2.17. The summed E-state index contributed by atoms with van der Waals surface area (Å²) in [5, 5.41) is 0. The van der Waals surface area contributed by atoms with Gasteiger partial charge in [-0.25, -0.2) is 0 Å². The van der Waals surface area contributed by atoms with Gasteiger partial charge < -0.3 is 4.74 Å². The van der Waals surface area contributed by atoms with Gasteiger partial charge in [-0.1, -0.05) is 22.0 Å². The monoisotopic (exact) mass is 307 g/mol. The summed E-state index contributed by atoms with van der Waals surface area (Å²) in [5.41, 5.74) is 0.0154. The average Bonchev–Trinajstić information content (AvgIpc) is 2.22. The molecule has 0 bridgehead atoms. The van der Waals surface area contributed by atoms with Crippen molar-refractivity contribution < 1.29 is 22.7 Å². The van der Waals surface area contributed by atoms with Crippen molar-refractivity contribution in [1.82, 2.24) is 0 Å². The van der Waals surface area contributed by atoms with Crippen LogP contribution in [0.15, 0.2) is 23.2 Å². The minimum atomic E-state index is -4.81. The van der Waals surface area contributed by atoms with Crippen molar-refractivity contribution in [1.29, 1.82) is 0 Å². The fourth-order valence-electron chi connectivity index (χ4n) is 1.42. The molecule has 0 amide bonds. The van der Waals surface area contributed by atoms with Gasteiger partial charge in [0, 0.05) is 11.8 Å². The first kappa shape index (κ1) is 12.1. The van der Waals surface area contributed by atoms with Crippen LogP contribution in [0.5, 0.6) is 5.75 Å². The maximum Gasteiger partial charge on any atom is 0.573 e. The number of halogens is 4. The van der Waals surface area contributed by atoms with Crippen LogP contribution in [0.1, 0.15) is 10.4 Å². The molecule has 2 rings (SSSR count). The largest absolute Gasteiger partial charge is 0.573 e. The Morgan fingerprint density at radius 1 is 1.35 bits per heavy atom. The zero-order valence-corrected chi connectivity index (χ0v) is 9.75. The highest BCUT2D eigenvalue weighted by molar-refractivity contribution is 9.10. The van der Waals surface area contributed by atoms with Crippen LogP contribution < -0.4 is 4.74 Å². The Labute approximate surface area is 102 Å². The third-order valence-electron chi connectivity index (χ3n) is 2.08. The third kappa shape index (κ3) is 2.49. The molecule has 1 aromatic carbocycles. The van der Waals surface area contributed by atoms with E-state index in [1.54, 1.807) is 0 Å². The van der Waals surface area contributed by atoms with Crippen molar-refractivity contribution in [2.24, 2.45) is 4.99 Å². The number of carbonyl (C=O) groups excluding carboxylic acids is 1. The highest BCUT2D eigenvalue weighted by atomic mass is 79.9. The maximum absolute atomic E-state index is 12.1. The summed E-state index contributed by atoms with van der Waals surface area (Å²) < 4.78 is 40.2. The lowest BCUT2D eigenvalue weighted by molar-refractivity contribution is -0.274. The third-order valence-corrected chi connectivity index (χ3v) is 2.73. The number of ether oxygens (including phenoxy) is 1. The summed E-state index contributed by atoms with van der Waals surface area (Å²) in [6.45, 7) is 0. The van der Waals surface area contributed by atoms with Crippen LogP contribution in [0.4, 0.5) is 18.9 Å². The van der Waals surface area contributed by atoms with Crippen LogP contribution in [-0.4, -0.2) is 23.2 Å². The minimum absolute atomic E-state index is 0.0921. The zero-order chi connectivity index (χ0) is 12.6. The molecular weight excluding hydrogens is 303 g/mol. The molecule has 0 radical (unpaired) electrons. The predicted molar refractivity (Wildman–Crippen MR) is 58.3 cm³/mol. The topological polar surface area (TPSA) is 38.7 Å². The van der Waals surface area contributed by atoms with E-state index in [0.717, 1.165) is 6.07 Å². The molecule has 1 aliphatic rings. The summed E-state index contributed by atoms with van der Waals surface area (Å²) in [5.74, 6) is -0.818. The first-order valence-corrected chi connectivity index (χ1v) is 5.41. The molecule has 7 heteroatoms. The molecule has 90 valence electrons. The molecule has 0 saturated carbocycles. The Hall–Kier alpha value is -1.37. The first-order chi connectivity index (χ1) is 7.88. The molecule has 0 fully saturated rings. The van der Waals surface area contributed by atoms with Crippen LogP contribution >= 0.6 is 15.9 Å². The van der Waals surface area contributed by atoms with Gasteiger partial charge in [0.15, 0.2) is 11.5 Å². The molecule has 1 aliphatic heterocycles. The van der Waals surface area contributed by atoms with E-state index >= 15 is 0 Å². The van der Waals surface area contributed by atoms with Gasteiger partial charge in [0.25, 0.3) is 0 Å². The summed E-state index contributed by atoms with van der Waals surface area (Å²) in [6, 6.07) is 3.84. The van der Waals surface area contributed by atoms with E-state index in [0.29, 0.717) is 0 Å². The number of nitrogens with zero attached hydrogens (tertiary/aromatic N) is 1. The van der Waals surface area contributed by atoms with Crippen molar-refractivity contribution in [2.75, 3.05) is 0 Å². The minimum Gasteiger partial charge on any atom is -0.403 e. The molecule has 0 spiro atoms. The molecule has 3 nitrogen and oxygen atoms in total. The van der Waals surface area contributed by atoms with E-state index < -0.39 is 16.9 Å². The van der Waals surface area contributed by atoms with Crippen LogP contribution in [0.25, 0.3) is 0 Å². The Balaban J connectivity index is 2.47. The lowest BCUT2D eigenvalue weighted by Crippen LogP contribution is -2.21. The molecule has 1 heterocycles. The number of benzene rings is 1. The van der Waals surface area contributed by atoms with Crippen LogP contribution in [0.3, 0.4) is 0 Å². The number of fused-ring (bicyclic) bond motifs is 1. The van der Waals surface area contributed by atoms with Crippen molar-refractivity contribution in [3.63, 3.8) is 0 Å². The molecular formula is C10H5BrF3NO2. The second kappa shape index (κ2) is 4.14. The van der Waals surface area contributed by atoms with Crippen LogP contribution in [-0.2, 0) is 0 Å². The summed E-state index contributed by atoms with van der Waals surface area (Å²) >= 11 is 3.05. The lowest BCUT2D eigenvalue weighted by atomic mass is 10.0. The summed E-state index contributed by atoms with van der Waals surface area (Å²) in [4.78, 5) is 14.8. The highest BCUT2D eigenvalue weighted by Gasteiger charge is 2.34. The number of hydrogen-bond donors (Lipinski definition) is 0. The number of aliphatic imine (C=N–C) groups is 1. The summed E-state index contributed by atoms with van der Waals surface area (Å²) in [6.07, 6.45) is -3.58. The normalized spacial score (nSPS) is 19.1. The number of carbonyl (C=O) groups is 1. The molecule has 0 aromatic heterocycles. The van der Waals surface area contributed by atoms with Gasteiger partial charge in [0.2, 0.25) is 0 Å². The van der Waals surface area contributed by atoms with Crippen molar-refractivity contribution >= 4 is 33.6 Å². The van der Waals surface area contributed by atoms with Gasteiger partial charge in [-0.2, -0.15) is 0 Å².